The lowest BCUT2D eigenvalue weighted by molar-refractivity contribution is -0.145. The van der Waals surface area contributed by atoms with Crippen molar-refractivity contribution in [1.82, 2.24) is 0 Å². The van der Waals surface area contributed by atoms with E-state index in [2.05, 4.69) is 15.9 Å². The average molecular weight is 225 g/mol. The fourth-order valence-corrected chi connectivity index (χ4v) is 0.515. The second-order valence-corrected chi connectivity index (χ2v) is 4.67. The van der Waals surface area contributed by atoms with Crippen LogP contribution >= 0.6 is 15.9 Å². The van der Waals surface area contributed by atoms with Crippen LogP contribution in [-0.4, -0.2) is 28.6 Å². The first-order valence-electron chi connectivity index (χ1n) is 3.45. The average Bonchev–Trinajstić information content (AvgIpc) is 1.86. The summed E-state index contributed by atoms with van der Waals surface area (Å²) in [5.74, 6) is -0.300. The van der Waals surface area contributed by atoms with Gasteiger partial charge in [-0.2, -0.15) is 0 Å². The Balaban J connectivity index is 3.54. The van der Waals surface area contributed by atoms with Gasteiger partial charge >= 0.3 is 5.97 Å². The Morgan fingerprint density at radius 2 is 2.18 bits per heavy atom. The van der Waals surface area contributed by atoms with Crippen LogP contribution in [0.3, 0.4) is 0 Å². The SMILES string of the molecule is CC(C)(Br)C(=O)OCCCO. The second kappa shape index (κ2) is 4.72. The highest BCUT2D eigenvalue weighted by Gasteiger charge is 2.24. The van der Waals surface area contributed by atoms with Gasteiger partial charge in [-0.05, 0) is 13.8 Å². The van der Waals surface area contributed by atoms with Gasteiger partial charge in [-0.25, -0.2) is 0 Å². The zero-order valence-electron chi connectivity index (χ0n) is 6.76. The Morgan fingerprint density at radius 3 is 2.55 bits per heavy atom. The molecule has 0 heterocycles. The lowest BCUT2D eigenvalue weighted by atomic mass is 10.2. The molecule has 66 valence electrons. The fraction of sp³-hybridized carbons (Fsp3) is 0.857. The van der Waals surface area contributed by atoms with Crippen molar-refractivity contribution in [2.75, 3.05) is 13.2 Å². The van der Waals surface area contributed by atoms with Gasteiger partial charge in [0.2, 0.25) is 0 Å². The first kappa shape index (κ1) is 10.9. The van der Waals surface area contributed by atoms with Crippen molar-refractivity contribution in [3.63, 3.8) is 0 Å². The Morgan fingerprint density at radius 1 is 1.64 bits per heavy atom. The summed E-state index contributed by atoms with van der Waals surface area (Å²) in [7, 11) is 0. The van der Waals surface area contributed by atoms with Crippen molar-refractivity contribution in [2.45, 2.75) is 24.6 Å². The molecule has 0 bridgehead atoms. The van der Waals surface area contributed by atoms with Gasteiger partial charge in [0, 0.05) is 13.0 Å². The summed E-state index contributed by atoms with van der Waals surface area (Å²) in [5.41, 5.74) is 0. The number of halogens is 1. The van der Waals surface area contributed by atoms with E-state index < -0.39 is 4.32 Å². The summed E-state index contributed by atoms with van der Waals surface area (Å²) >= 11 is 3.16. The Bertz CT molecular complexity index is 128. The summed E-state index contributed by atoms with van der Waals surface area (Å²) in [6, 6.07) is 0. The number of alkyl halides is 1. The number of esters is 1. The van der Waals surface area contributed by atoms with E-state index in [4.69, 9.17) is 9.84 Å². The lowest BCUT2D eigenvalue weighted by Crippen LogP contribution is -2.27. The van der Waals surface area contributed by atoms with Crippen LogP contribution < -0.4 is 0 Å². The molecule has 4 heteroatoms. The minimum atomic E-state index is -0.623. The molecule has 11 heavy (non-hydrogen) atoms. The number of carbonyl (C=O) groups is 1. The Labute approximate surface area is 74.9 Å². The predicted octanol–water partition coefficient (Wildman–Crippen LogP) is 1.09. The molecule has 0 rings (SSSR count). The highest BCUT2D eigenvalue weighted by Crippen LogP contribution is 2.17. The number of aliphatic hydroxyl groups is 1. The third-order valence-electron chi connectivity index (χ3n) is 1.02. The largest absolute Gasteiger partial charge is 0.465 e. The van der Waals surface area contributed by atoms with E-state index in [-0.39, 0.29) is 19.2 Å². The number of hydrogen-bond donors (Lipinski definition) is 1. The van der Waals surface area contributed by atoms with Crippen LogP contribution in [0.4, 0.5) is 0 Å². The van der Waals surface area contributed by atoms with E-state index >= 15 is 0 Å². The van der Waals surface area contributed by atoms with Crippen LogP contribution in [0, 0.1) is 0 Å². The summed E-state index contributed by atoms with van der Waals surface area (Å²) in [6.45, 7) is 3.77. The molecule has 0 saturated heterocycles. The minimum Gasteiger partial charge on any atom is -0.465 e. The van der Waals surface area contributed by atoms with Crippen LogP contribution in [0.15, 0.2) is 0 Å². The maximum Gasteiger partial charge on any atom is 0.322 e. The number of ether oxygens (including phenoxy) is 1. The molecule has 0 atom stereocenters. The van der Waals surface area contributed by atoms with Gasteiger partial charge in [0.1, 0.15) is 4.32 Å². The molecule has 0 aromatic rings. The Hall–Kier alpha value is -0.0900. The standard InChI is InChI=1S/C7H13BrO3/c1-7(2,8)6(10)11-5-3-4-9/h9H,3-5H2,1-2H3. The summed E-state index contributed by atoms with van der Waals surface area (Å²) in [5, 5.41) is 8.38. The quantitative estimate of drug-likeness (QED) is 0.442. The molecule has 3 nitrogen and oxygen atoms in total. The van der Waals surface area contributed by atoms with Gasteiger partial charge in [0.15, 0.2) is 0 Å². The molecular formula is C7H13BrO3. The van der Waals surface area contributed by atoms with Crippen LogP contribution in [0.2, 0.25) is 0 Å². The molecule has 0 aliphatic carbocycles. The van der Waals surface area contributed by atoms with Gasteiger partial charge < -0.3 is 9.84 Å². The van der Waals surface area contributed by atoms with Crippen LogP contribution in [0.25, 0.3) is 0 Å². The molecule has 0 fully saturated rings. The number of hydrogen-bond acceptors (Lipinski definition) is 3. The van der Waals surface area contributed by atoms with Crippen molar-refractivity contribution in [1.29, 1.82) is 0 Å². The first-order chi connectivity index (χ1) is 4.98. The third-order valence-corrected chi connectivity index (χ3v) is 1.34. The molecule has 0 unspecified atom stereocenters. The molecular weight excluding hydrogens is 212 g/mol. The van der Waals surface area contributed by atoms with E-state index in [1.54, 1.807) is 13.8 Å². The monoisotopic (exact) mass is 224 g/mol. The smallest absolute Gasteiger partial charge is 0.322 e. The van der Waals surface area contributed by atoms with Crippen molar-refractivity contribution in [2.24, 2.45) is 0 Å². The van der Waals surface area contributed by atoms with Crippen LogP contribution in [-0.2, 0) is 9.53 Å². The summed E-state index contributed by atoms with van der Waals surface area (Å²) in [6.07, 6.45) is 0.495. The van der Waals surface area contributed by atoms with Crippen LogP contribution in [0.1, 0.15) is 20.3 Å². The van der Waals surface area contributed by atoms with Gasteiger partial charge in [-0.15, -0.1) is 0 Å². The zero-order valence-corrected chi connectivity index (χ0v) is 8.35. The van der Waals surface area contributed by atoms with Crippen molar-refractivity contribution < 1.29 is 14.6 Å². The first-order valence-corrected chi connectivity index (χ1v) is 4.25. The number of carbonyl (C=O) groups excluding carboxylic acids is 1. The van der Waals surface area contributed by atoms with Gasteiger partial charge in [-0.3, -0.25) is 4.79 Å². The Kier molecular flexibility index (Phi) is 4.68. The molecule has 1 N–H and O–H groups in total. The molecule has 0 aliphatic heterocycles. The maximum atomic E-state index is 11.0. The number of rotatable bonds is 4. The van der Waals surface area contributed by atoms with E-state index in [0.717, 1.165) is 0 Å². The molecule has 0 amide bonds. The van der Waals surface area contributed by atoms with Gasteiger partial charge in [-0.1, -0.05) is 15.9 Å². The van der Waals surface area contributed by atoms with Crippen molar-refractivity contribution >= 4 is 21.9 Å². The fourth-order valence-electron chi connectivity index (χ4n) is 0.401. The van der Waals surface area contributed by atoms with Gasteiger partial charge in [0.25, 0.3) is 0 Å². The second-order valence-electron chi connectivity index (χ2n) is 2.69. The molecule has 0 saturated carbocycles. The highest BCUT2D eigenvalue weighted by atomic mass is 79.9. The molecule has 0 aromatic heterocycles. The van der Waals surface area contributed by atoms with E-state index in [0.29, 0.717) is 6.42 Å². The summed E-state index contributed by atoms with van der Waals surface area (Å²) in [4.78, 5) is 11.0. The minimum absolute atomic E-state index is 0.0516. The number of aliphatic hydroxyl groups excluding tert-OH is 1. The topological polar surface area (TPSA) is 46.5 Å². The molecule has 0 radical (unpaired) electrons. The van der Waals surface area contributed by atoms with E-state index in [1.165, 1.54) is 0 Å². The van der Waals surface area contributed by atoms with Crippen molar-refractivity contribution in [3.8, 4) is 0 Å². The van der Waals surface area contributed by atoms with E-state index in [9.17, 15) is 4.79 Å². The van der Waals surface area contributed by atoms with Gasteiger partial charge in [0.05, 0.1) is 6.61 Å². The normalized spacial score (nSPS) is 11.3. The highest BCUT2D eigenvalue weighted by molar-refractivity contribution is 9.10. The molecule has 0 spiro atoms. The predicted molar refractivity (Wildman–Crippen MR) is 45.7 cm³/mol. The van der Waals surface area contributed by atoms with E-state index in [1.807, 2.05) is 0 Å². The summed E-state index contributed by atoms with van der Waals surface area (Å²) < 4.78 is 4.18. The maximum absolute atomic E-state index is 11.0. The van der Waals surface area contributed by atoms with Crippen molar-refractivity contribution in [3.05, 3.63) is 0 Å². The zero-order chi connectivity index (χ0) is 8.91. The molecule has 0 aromatic carbocycles. The third kappa shape index (κ3) is 5.21. The van der Waals surface area contributed by atoms with Crippen LogP contribution in [0.5, 0.6) is 0 Å². The lowest BCUT2D eigenvalue weighted by Gasteiger charge is -2.14. The molecule has 0 aliphatic rings.